The van der Waals surface area contributed by atoms with Crippen LogP contribution in [0.1, 0.15) is 34.8 Å². The molecule has 0 unspecified atom stereocenters. The number of hydrogen-bond acceptors (Lipinski definition) is 6. The van der Waals surface area contributed by atoms with Gasteiger partial charge in [0.15, 0.2) is 11.5 Å². The fraction of sp³-hybridized carbons (Fsp3) is 0.435. The number of likely N-dealkylation sites (tertiary alicyclic amines) is 1. The predicted molar refractivity (Wildman–Crippen MR) is 115 cm³/mol. The lowest BCUT2D eigenvalue weighted by atomic mass is 10.0. The van der Waals surface area contributed by atoms with Gasteiger partial charge in [-0.15, -0.1) is 0 Å². The molecule has 3 rings (SSSR count). The molecule has 1 amide bonds. The van der Waals surface area contributed by atoms with Gasteiger partial charge in [0.05, 0.1) is 34.5 Å². The maximum absolute atomic E-state index is 12.9. The van der Waals surface area contributed by atoms with E-state index >= 15 is 0 Å². The molecule has 2 aromatic rings. The molecule has 30 heavy (non-hydrogen) atoms. The molecule has 162 valence electrons. The molecule has 0 spiro atoms. The number of methoxy groups -OCH3 is 4. The molecule has 1 atom stereocenters. The minimum atomic E-state index is -0.188. The van der Waals surface area contributed by atoms with E-state index in [0.29, 0.717) is 29.4 Å². The molecule has 1 aliphatic heterocycles. The van der Waals surface area contributed by atoms with Crippen molar-refractivity contribution in [1.29, 1.82) is 0 Å². The molecular weight excluding hydrogens is 384 g/mol. The van der Waals surface area contributed by atoms with Crippen LogP contribution in [0.3, 0.4) is 0 Å². The SMILES string of the molecule is COc1ccc([C@H](CNC(=O)c2cc(OC)c(OC)c(OC)c2)N2CCCC2)cc1. The van der Waals surface area contributed by atoms with Crippen molar-refractivity contribution in [3.05, 3.63) is 47.5 Å². The van der Waals surface area contributed by atoms with Gasteiger partial charge in [0, 0.05) is 12.1 Å². The van der Waals surface area contributed by atoms with Crippen LogP contribution in [-0.2, 0) is 0 Å². The molecule has 1 fully saturated rings. The molecule has 1 aliphatic rings. The minimum Gasteiger partial charge on any atom is -0.497 e. The van der Waals surface area contributed by atoms with Gasteiger partial charge in [0.2, 0.25) is 5.75 Å². The largest absolute Gasteiger partial charge is 0.497 e. The highest BCUT2D eigenvalue weighted by molar-refractivity contribution is 5.95. The molecule has 0 aromatic heterocycles. The first-order chi connectivity index (χ1) is 14.6. The zero-order chi connectivity index (χ0) is 21.5. The normalized spacial score (nSPS) is 14.8. The van der Waals surface area contributed by atoms with Gasteiger partial charge in [-0.3, -0.25) is 9.69 Å². The molecule has 0 radical (unpaired) electrons. The van der Waals surface area contributed by atoms with Gasteiger partial charge in [0.1, 0.15) is 5.75 Å². The second-order valence-corrected chi connectivity index (χ2v) is 7.16. The first-order valence-corrected chi connectivity index (χ1v) is 10.1. The Morgan fingerprint density at radius 3 is 2.03 bits per heavy atom. The van der Waals surface area contributed by atoms with Gasteiger partial charge in [-0.2, -0.15) is 0 Å². The number of rotatable bonds is 9. The number of nitrogens with zero attached hydrogens (tertiary/aromatic N) is 1. The maximum atomic E-state index is 12.9. The topological polar surface area (TPSA) is 69.3 Å². The molecule has 1 heterocycles. The highest BCUT2D eigenvalue weighted by Gasteiger charge is 2.25. The maximum Gasteiger partial charge on any atom is 0.251 e. The molecular formula is C23H30N2O5. The van der Waals surface area contributed by atoms with Crippen LogP contribution in [0.15, 0.2) is 36.4 Å². The summed E-state index contributed by atoms with van der Waals surface area (Å²) in [5.74, 6) is 2.00. The van der Waals surface area contributed by atoms with Crippen molar-refractivity contribution in [2.45, 2.75) is 18.9 Å². The van der Waals surface area contributed by atoms with Crippen molar-refractivity contribution in [3.8, 4) is 23.0 Å². The van der Waals surface area contributed by atoms with Crippen LogP contribution >= 0.6 is 0 Å². The third kappa shape index (κ3) is 4.79. The Morgan fingerprint density at radius 1 is 0.933 bits per heavy atom. The van der Waals surface area contributed by atoms with E-state index in [0.717, 1.165) is 24.4 Å². The second-order valence-electron chi connectivity index (χ2n) is 7.16. The number of carbonyl (C=O) groups is 1. The number of hydrogen-bond donors (Lipinski definition) is 1. The average molecular weight is 415 g/mol. The second kappa shape index (κ2) is 10.2. The third-order valence-electron chi connectivity index (χ3n) is 5.46. The lowest BCUT2D eigenvalue weighted by Crippen LogP contribution is -2.36. The monoisotopic (exact) mass is 414 g/mol. The van der Waals surface area contributed by atoms with Crippen LogP contribution in [0.5, 0.6) is 23.0 Å². The average Bonchev–Trinajstić information content (AvgIpc) is 3.33. The van der Waals surface area contributed by atoms with Crippen molar-refractivity contribution in [1.82, 2.24) is 10.2 Å². The van der Waals surface area contributed by atoms with Crippen molar-refractivity contribution in [2.75, 3.05) is 48.1 Å². The van der Waals surface area contributed by atoms with E-state index in [9.17, 15) is 4.79 Å². The van der Waals surface area contributed by atoms with Crippen LogP contribution in [0.2, 0.25) is 0 Å². The van der Waals surface area contributed by atoms with Crippen LogP contribution in [0, 0.1) is 0 Å². The van der Waals surface area contributed by atoms with Crippen LogP contribution in [0.25, 0.3) is 0 Å². The zero-order valence-electron chi connectivity index (χ0n) is 18.1. The Kier molecular flexibility index (Phi) is 7.41. The molecule has 0 saturated carbocycles. The minimum absolute atomic E-state index is 0.101. The number of carbonyl (C=O) groups excluding carboxylic acids is 1. The molecule has 1 saturated heterocycles. The Hall–Kier alpha value is -2.93. The van der Waals surface area contributed by atoms with E-state index in [-0.39, 0.29) is 11.9 Å². The zero-order valence-corrected chi connectivity index (χ0v) is 18.1. The summed E-state index contributed by atoms with van der Waals surface area (Å²) in [6.45, 7) is 2.55. The Morgan fingerprint density at radius 2 is 1.53 bits per heavy atom. The lowest BCUT2D eigenvalue weighted by molar-refractivity contribution is 0.0937. The molecule has 1 N–H and O–H groups in total. The van der Waals surface area contributed by atoms with Crippen LogP contribution in [0.4, 0.5) is 0 Å². The first kappa shape index (κ1) is 21.8. The van der Waals surface area contributed by atoms with Crippen LogP contribution < -0.4 is 24.3 Å². The van der Waals surface area contributed by atoms with Gasteiger partial charge < -0.3 is 24.3 Å². The quantitative estimate of drug-likeness (QED) is 0.679. The first-order valence-electron chi connectivity index (χ1n) is 10.1. The van der Waals surface area contributed by atoms with E-state index in [1.165, 1.54) is 34.2 Å². The summed E-state index contributed by atoms with van der Waals surface area (Å²) >= 11 is 0. The standard InChI is InChI=1S/C23H30N2O5/c1-27-18-9-7-16(8-10-18)19(25-11-5-6-12-25)15-24-23(26)17-13-20(28-2)22(30-4)21(14-17)29-3/h7-10,13-14,19H,5-6,11-12,15H2,1-4H3,(H,24,26)/t19-/m0/s1. The Bertz CT molecular complexity index is 822. The summed E-state index contributed by atoms with van der Waals surface area (Å²) in [4.78, 5) is 15.3. The van der Waals surface area contributed by atoms with Gasteiger partial charge in [-0.25, -0.2) is 0 Å². The van der Waals surface area contributed by atoms with Crippen molar-refractivity contribution in [3.63, 3.8) is 0 Å². The Labute approximate surface area is 177 Å². The van der Waals surface area contributed by atoms with Crippen LogP contribution in [-0.4, -0.2) is 58.9 Å². The number of nitrogens with one attached hydrogen (secondary N) is 1. The summed E-state index contributed by atoms with van der Waals surface area (Å²) in [7, 11) is 6.26. The highest BCUT2D eigenvalue weighted by atomic mass is 16.5. The summed E-state index contributed by atoms with van der Waals surface area (Å²) < 4.78 is 21.3. The summed E-state index contributed by atoms with van der Waals surface area (Å²) in [6, 6.07) is 11.5. The lowest BCUT2D eigenvalue weighted by Gasteiger charge is -2.28. The molecule has 2 aromatic carbocycles. The van der Waals surface area contributed by atoms with Crippen molar-refractivity contribution in [2.24, 2.45) is 0 Å². The van der Waals surface area contributed by atoms with Crippen molar-refractivity contribution < 1.29 is 23.7 Å². The summed E-state index contributed by atoms with van der Waals surface area (Å²) in [6.07, 6.45) is 2.35. The van der Waals surface area contributed by atoms with Gasteiger partial charge in [-0.05, 0) is 55.8 Å². The predicted octanol–water partition coefficient (Wildman–Crippen LogP) is 3.29. The van der Waals surface area contributed by atoms with E-state index in [4.69, 9.17) is 18.9 Å². The van der Waals surface area contributed by atoms with Gasteiger partial charge in [-0.1, -0.05) is 12.1 Å². The molecule has 7 heteroatoms. The van der Waals surface area contributed by atoms with E-state index in [2.05, 4.69) is 22.3 Å². The highest BCUT2D eigenvalue weighted by Crippen LogP contribution is 2.38. The smallest absolute Gasteiger partial charge is 0.251 e. The number of amides is 1. The fourth-order valence-corrected chi connectivity index (χ4v) is 3.84. The van der Waals surface area contributed by atoms with Crippen molar-refractivity contribution >= 4 is 5.91 Å². The van der Waals surface area contributed by atoms with E-state index in [1.54, 1.807) is 19.2 Å². The van der Waals surface area contributed by atoms with Gasteiger partial charge >= 0.3 is 0 Å². The number of benzene rings is 2. The molecule has 0 aliphatic carbocycles. The summed E-state index contributed by atoms with van der Waals surface area (Å²) in [5.41, 5.74) is 1.61. The van der Waals surface area contributed by atoms with Gasteiger partial charge in [0.25, 0.3) is 5.91 Å². The molecule has 7 nitrogen and oxygen atoms in total. The molecule has 0 bridgehead atoms. The fourth-order valence-electron chi connectivity index (χ4n) is 3.84. The van der Waals surface area contributed by atoms with E-state index in [1.807, 2.05) is 12.1 Å². The Balaban J connectivity index is 1.78. The third-order valence-corrected chi connectivity index (χ3v) is 5.46. The summed E-state index contributed by atoms with van der Waals surface area (Å²) in [5, 5.41) is 3.08. The number of ether oxygens (including phenoxy) is 4. The van der Waals surface area contributed by atoms with E-state index < -0.39 is 0 Å².